The molecule has 2 aromatic rings. The lowest BCUT2D eigenvalue weighted by Gasteiger charge is -2.10. The molecule has 0 aliphatic carbocycles. The van der Waals surface area contributed by atoms with Crippen LogP contribution in [0.3, 0.4) is 0 Å². The van der Waals surface area contributed by atoms with Crippen LogP contribution in [-0.2, 0) is 6.54 Å². The molecule has 1 aromatic carbocycles. The maximum Gasteiger partial charge on any atom is 0.248 e. The summed E-state index contributed by atoms with van der Waals surface area (Å²) in [4.78, 5) is 8.17. The SMILES string of the molecule is Cc1noc(CN=C(N)Nc2ccc(OC(C)C)cc2)n1. The average molecular weight is 289 g/mol. The number of rotatable bonds is 5. The zero-order valence-electron chi connectivity index (χ0n) is 12.3. The maximum atomic E-state index is 5.80. The van der Waals surface area contributed by atoms with E-state index in [1.54, 1.807) is 6.92 Å². The fourth-order valence-corrected chi connectivity index (χ4v) is 1.63. The number of aryl methyl sites for hydroxylation is 1. The third-order valence-corrected chi connectivity index (χ3v) is 2.45. The van der Waals surface area contributed by atoms with Gasteiger partial charge in [-0.1, -0.05) is 5.16 Å². The molecule has 2 rings (SSSR count). The molecule has 0 aliphatic heterocycles. The van der Waals surface area contributed by atoms with Crippen molar-refractivity contribution in [1.82, 2.24) is 10.1 Å². The monoisotopic (exact) mass is 289 g/mol. The van der Waals surface area contributed by atoms with E-state index in [1.165, 1.54) is 0 Å². The zero-order valence-corrected chi connectivity index (χ0v) is 12.3. The summed E-state index contributed by atoms with van der Waals surface area (Å²) >= 11 is 0. The molecule has 1 heterocycles. The molecule has 1 aromatic heterocycles. The highest BCUT2D eigenvalue weighted by Gasteiger charge is 2.02. The van der Waals surface area contributed by atoms with Crippen LogP contribution < -0.4 is 15.8 Å². The Balaban J connectivity index is 1.91. The summed E-state index contributed by atoms with van der Waals surface area (Å²) in [6, 6.07) is 7.49. The van der Waals surface area contributed by atoms with E-state index in [9.17, 15) is 0 Å². The van der Waals surface area contributed by atoms with Gasteiger partial charge < -0.3 is 20.3 Å². The van der Waals surface area contributed by atoms with E-state index >= 15 is 0 Å². The van der Waals surface area contributed by atoms with Crippen LogP contribution in [0.15, 0.2) is 33.8 Å². The van der Waals surface area contributed by atoms with Crippen molar-refractivity contribution in [3.63, 3.8) is 0 Å². The third kappa shape index (κ3) is 4.79. The first-order valence-corrected chi connectivity index (χ1v) is 6.66. The topological polar surface area (TPSA) is 98.6 Å². The van der Waals surface area contributed by atoms with Gasteiger partial charge in [0.1, 0.15) is 12.3 Å². The van der Waals surface area contributed by atoms with E-state index < -0.39 is 0 Å². The molecule has 0 amide bonds. The van der Waals surface area contributed by atoms with Gasteiger partial charge in [0, 0.05) is 5.69 Å². The van der Waals surface area contributed by atoms with Gasteiger partial charge in [0.05, 0.1) is 6.10 Å². The van der Waals surface area contributed by atoms with E-state index in [-0.39, 0.29) is 18.6 Å². The predicted octanol–water partition coefficient (Wildman–Crippen LogP) is 2.09. The van der Waals surface area contributed by atoms with Crippen molar-refractivity contribution in [3.05, 3.63) is 36.0 Å². The molecule has 0 unspecified atom stereocenters. The molecule has 3 N–H and O–H groups in total. The van der Waals surface area contributed by atoms with E-state index in [2.05, 4.69) is 20.4 Å². The fourth-order valence-electron chi connectivity index (χ4n) is 1.63. The van der Waals surface area contributed by atoms with Crippen molar-refractivity contribution in [3.8, 4) is 5.75 Å². The first-order chi connectivity index (χ1) is 10.0. The molecular formula is C14H19N5O2. The number of guanidine groups is 1. The van der Waals surface area contributed by atoms with Crippen LogP contribution >= 0.6 is 0 Å². The van der Waals surface area contributed by atoms with Crippen molar-refractivity contribution in [2.75, 3.05) is 5.32 Å². The number of hydrogen-bond acceptors (Lipinski definition) is 5. The predicted molar refractivity (Wildman–Crippen MR) is 80.2 cm³/mol. The minimum atomic E-state index is 0.147. The number of aromatic nitrogens is 2. The number of nitrogens with two attached hydrogens (primary N) is 1. The summed E-state index contributed by atoms with van der Waals surface area (Å²) in [5, 5.41) is 6.66. The molecule has 0 fully saturated rings. The quantitative estimate of drug-likeness (QED) is 0.646. The van der Waals surface area contributed by atoms with Crippen LogP contribution in [0.2, 0.25) is 0 Å². The van der Waals surface area contributed by atoms with Crippen LogP contribution in [0, 0.1) is 6.92 Å². The van der Waals surface area contributed by atoms with Gasteiger partial charge in [-0.05, 0) is 45.0 Å². The second kappa shape index (κ2) is 6.74. The van der Waals surface area contributed by atoms with Crippen LogP contribution in [0.4, 0.5) is 5.69 Å². The van der Waals surface area contributed by atoms with Crippen molar-refractivity contribution < 1.29 is 9.26 Å². The Labute approximate surface area is 123 Å². The molecule has 0 saturated heterocycles. The van der Waals surface area contributed by atoms with Gasteiger partial charge in [0.25, 0.3) is 0 Å². The Hall–Kier alpha value is -2.57. The Morgan fingerprint density at radius 3 is 2.67 bits per heavy atom. The second-order valence-corrected chi connectivity index (χ2v) is 4.75. The van der Waals surface area contributed by atoms with Gasteiger partial charge in [-0.15, -0.1) is 0 Å². The summed E-state index contributed by atoms with van der Waals surface area (Å²) in [6.07, 6.45) is 0.147. The Morgan fingerprint density at radius 2 is 2.10 bits per heavy atom. The highest BCUT2D eigenvalue weighted by molar-refractivity contribution is 5.92. The largest absolute Gasteiger partial charge is 0.491 e. The Kier molecular flexibility index (Phi) is 4.76. The van der Waals surface area contributed by atoms with Crippen LogP contribution in [0.1, 0.15) is 25.6 Å². The average Bonchev–Trinajstić information content (AvgIpc) is 2.84. The second-order valence-electron chi connectivity index (χ2n) is 4.75. The first-order valence-electron chi connectivity index (χ1n) is 6.66. The number of nitrogens with zero attached hydrogens (tertiary/aromatic N) is 3. The highest BCUT2D eigenvalue weighted by atomic mass is 16.5. The summed E-state index contributed by atoms with van der Waals surface area (Å²) in [7, 11) is 0. The number of nitrogens with one attached hydrogen (secondary N) is 1. The van der Waals surface area contributed by atoms with Gasteiger partial charge in [0.15, 0.2) is 11.8 Å². The zero-order chi connectivity index (χ0) is 15.2. The Morgan fingerprint density at radius 1 is 1.38 bits per heavy atom. The van der Waals surface area contributed by atoms with E-state index in [0.717, 1.165) is 11.4 Å². The van der Waals surface area contributed by atoms with Gasteiger partial charge in [0.2, 0.25) is 5.89 Å². The third-order valence-electron chi connectivity index (χ3n) is 2.45. The summed E-state index contributed by atoms with van der Waals surface area (Å²) < 4.78 is 10.5. The normalized spacial score (nSPS) is 11.7. The number of benzene rings is 1. The van der Waals surface area contributed by atoms with Crippen molar-refractivity contribution in [1.29, 1.82) is 0 Å². The molecule has 21 heavy (non-hydrogen) atoms. The lowest BCUT2D eigenvalue weighted by Crippen LogP contribution is -2.22. The molecule has 0 radical (unpaired) electrons. The molecule has 0 aliphatic rings. The first kappa shape index (κ1) is 14.8. The van der Waals surface area contributed by atoms with Crippen molar-refractivity contribution in [2.24, 2.45) is 10.7 Å². The molecular weight excluding hydrogens is 270 g/mol. The molecule has 0 atom stereocenters. The van der Waals surface area contributed by atoms with E-state index in [4.69, 9.17) is 15.0 Å². The number of hydrogen-bond donors (Lipinski definition) is 2. The van der Waals surface area contributed by atoms with Crippen molar-refractivity contribution >= 4 is 11.6 Å². The molecule has 7 nitrogen and oxygen atoms in total. The lowest BCUT2D eigenvalue weighted by molar-refractivity contribution is 0.242. The van der Waals surface area contributed by atoms with Crippen LogP contribution in [-0.4, -0.2) is 22.2 Å². The highest BCUT2D eigenvalue weighted by Crippen LogP contribution is 2.16. The lowest BCUT2D eigenvalue weighted by atomic mass is 10.3. The van der Waals surface area contributed by atoms with E-state index in [0.29, 0.717) is 11.7 Å². The molecule has 0 saturated carbocycles. The van der Waals surface area contributed by atoms with Crippen LogP contribution in [0.25, 0.3) is 0 Å². The standard InChI is InChI=1S/C14H19N5O2/c1-9(2)20-12-6-4-11(5-7-12)18-14(15)16-8-13-17-10(3)19-21-13/h4-7,9H,8H2,1-3H3,(H3,15,16,18). The van der Waals surface area contributed by atoms with E-state index in [1.807, 2.05) is 38.1 Å². The Bertz CT molecular complexity index is 604. The van der Waals surface area contributed by atoms with Gasteiger partial charge in [-0.3, -0.25) is 0 Å². The number of ether oxygens (including phenoxy) is 1. The minimum absolute atomic E-state index is 0.147. The number of aliphatic imine (C=N–C) groups is 1. The summed E-state index contributed by atoms with van der Waals surface area (Å²) in [5.74, 6) is 2.10. The smallest absolute Gasteiger partial charge is 0.248 e. The van der Waals surface area contributed by atoms with Gasteiger partial charge in [-0.2, -0.15) is 4.98 Å². The molecule has 7 heteroatoms. The minimum Gasteiger partial charge on any atom is -0.491 e. The number of anilines is 1. The summed E-state index contributed by atoms with van der Waals surface area (Å²) in [5.41, 5.74) is 6.62. The van der Waals surface area contributed by atoms with Crippen molar-refractivity contribution in [2.45, 2.75) is 33.4 Å². The van der Waals surface area contributed by atoms with Gasteiger partial charge in [-0.25, -0.2) is 4.99 Å². The van der Waals surface area contributed by atoms with Crippen LogP contribution in [0.5, 0.6) is 5.75 Å². The molecule has 0 bridgehead atoms. The molecule has 112 valence electrons. The summed E-state index contributed by atoms with van der Waals surface area (Å²) in [6.45, 7) is 5.96. The fraction of sp³-hybridized carbons (Fsp3) is 0.357. The maximum absolute atomic E-state index is 5.80. The molecule has 0 spiro atoms. The van der Waals surface area contributed by atoms with Gasteiger partial charge >= 0.3 is 0 Å².